The van der Waals surface area contributed by atoms with Crippen LogP contribution in [0, 0.1) is 5.92 Å². The van der Waals surface area contributed by atoms with E-state index in [2.05, 4.69) is 26.0 Å². The topological polar surface area (TPSA) is 0 Å². The number of rotatable bonds is 2. The summed E-state index contributed by atoms with van der Waals surface area (Å²) in [5.74, 6) is 0.843. The van der Waals surface area contributed by atoms with E-state index in [1.54, 1.807) is 16.7 Å². The molecular weight excluding hydrogens is 371 g/mol. The van der Waals surface area contributed by atoms with Crippen LogP contribution in [0.5, 0.6) is 0 Å². The zero-order chi connectivity index (χ0) is 12.0. The number of hydrogen-bond acceptors (Lipinski definition) is 0. The summed E-state index contributed by atoms with van der Waals surface area (Å²) in [7, 11) is 0. The van der Waals surface area contributed by atoms with Gasteiger partial charge in [-0.15, -0.1) is 0 Å². The van der Waals surface area contributed by atoms with Gasteiger partial charge in [-0.2, -0.15) is 0 Å². The monoisotopic (exact) mass is 393 g/mol. The molecule has 0 bridgehead atoms. The van der Waals surface area contributed by atoms with Gasteiger partial charge >= 0.3 is 120 Å². The summed E-state index contributed by atoms with van der Waals surface area (Å²) in [5, 5.41) is 0. The van der Waals surface area contributed by atoms with Crippen molar-refractivity contribution in [3.05, 3.63) is 34.4 Å². The Labute approximate surface area is 120 Å². The summed E-state index contributed by atoms with van der Waals surface area (Å²) in [6, 6.07) is 4.86. The van der Waals surface area contributed by atoms with Gasteiger partial charge in [0.1, 0.15) is 0 Å². The molecule has 1 unspecified atom stereocenters. The van der Waals surface area contributed by atoms with Gasteiger partial charge in [0.25, 0.3) is 0 Å². The molecule has 0 spiro atoms. The molecule has 3 rings (SSSR count). The van der Waals surface area contributed by atoms with Crippen molar-refractivity contribution in [1.29, 1.82) is 0 Å². The van der Waals surface area contributed by atoms with Crippen molar-refractivity contribution in [2.24, 2.45) is 5.92 Å². The zero-order valence-corrected chi connectivity index (χ0v) is 14.6. The van der Waals surface area contributed by atoms with E-state index >= 15 is 0 Å². The summed E-state index contributed by atoms with van der Waals surface area (Å²) >= 11 is 1.34. The minimum absolute atomic E-state index is 0.610. The van der Waals surface area contributed by atoms with E-state index in [4.69, 9.17) is 0 Å². The van der Waals surface area contributed by atoms with Crippen molar-refractivity contribution in [2.75, 3.05) is 0 Å². The van der Waals surface area contributed by atoms with Gasteiger partial charge in [-0.3, -0.25) is 0 Å². The standard InChI is InChI=1S/C16H21.Hf/c1-11(2)10-14-9-8-13-7-6-12-4-3-5-15(12)16(13)14;/h6-7,11H,3-5,8-10H2,1-2H3;. The predicted octanol–water partition coefficient (Wildman–Crippen LogP) is 3.91. The molecule has 2 aliphatic carbocycles. The van der Waals surface area contributed by atoms with Crippen molar-refractivity contribution >= 4 is 0 Å². The van der Waals surface area contributed by atoms with E-state index < -0.39 is 0 Å². The van der Waals surface area contributed by atoms with Gasteiger partial charge in [-0.05, 0) is 0 Å². The van der Waals surface area contributed by atoms with E-state index in [0.717, 1.165) is 5.92 Å². The third-order valence-electron chi connectivity index (χ3n) is 4.43. The van der Waals surface area contributed by atoms with E-state index in [0.29, 0.717) is 3.17 Å². The van der Waals surface area contributed by atoms with Crippen LogP contribution < -0.4 is 0 Å². The van der Waals surface area contributed by atoms with E-state index in [1.165, 1.54) is 62.9 Å². The maximum absolute atomic E-state index is 2.44. The van der Waals surface area contributed by atoms with Gasteiger partial charge in [-0.1, -0.05) is 0 Å². The van der Waals surface area contributed by atoms with Gasteiger partial charge < -0.3 is 0 Å². The number of fused-ring (bicyclic) bond motifs is 3. The molecule has 89 valence electrons. The molecule has 0 aliphatic heterocycles. The molecule has 0 saturated carbocycles. The maximum atomic E-state index is 2.44. The molecule has 0 aromatic heterocycles. The number of aryl methyl sites for hydroxylation is 2. The van der Waals surface area contributed by atoms with Crippen LogP contribution in [0.2, 0.25) is 0 Å². The third-order valence-corrected chi connectivity index (χ3v) is 6.96. The normalized spacial score (nSPS) is 26.2. The van der Waals surface area contributed by atoms with Crippen molar-refractivity contribution in [3.8, 4) is 0 Å². The minimum atomic E-state index is 0.610. The summed E-state index contributed by atoms with van der Waals surface area (Å²) in [6.45, 7) is 4.78. The summed E-state index contributed by atoms with van der Waals surface area (Å²) in [5.41, 5.74) is 6.97. The number of hydrogen-bond donors (Lipinski definition) is 0. The molecular formula is C16H21Hf. The van der Waals surface area contributed by atoms with Gasteiger partial charge in [0, 0.05) is 0 Å². The zero-order valence-electron chi connectivity index (χ0n) is 11.0. The van der Waals surface area contributed by atoms with Crippen LogP contribution in [0.25, 0.3) is 0 Å². The van der Waals surface area contributed by atoms with E-state index in [9.17, 15) is 0 Å². The van der Waals surface area contributed by atoms with Gasteiger partial charge in [0.05, 0.1) is 0 Å². The van der Waals surface area contributed by atoms with Crippen LogP contribution in [0.3, 0.4) is 0 Å². The molecule has 0 radical (unpaired) electrons. The van der Waals surface area contributed by atoms with Gasteiger partial charge in [-0.25, -0.2) is 0 Å². The molecule has 1 aromatic carbocycles. The van der Waals surface area contributed by atoms with Crippen LogP contribution in [0.15, 0.2) is 12.1 Å². The quantitative estimate of drug-likeness (QED) is 0.671. The first-order valence-corrected chi connectivity index (χ1v) is 8.79. The third kappa shape index (κ3) is 1.99. The molecule has 0 fully saturated rings. The summed E-state index contributed by atoms with van der Waals surface area (Å²) in [6.07, 6.45) is 8.29. The second-order valence-corrected chi connectivity index (χ2v) is 9.71. The van der Waals surface area contributed by atoms with Gasteiger partial charge in [0.2, 0.25) is 0 Å². The molecule has 0 heterocycles. The van der Waals surface area contributed by atoms with Crippen molar-refractivity contribution in [2.45, 2.75) is 55.5 Å². The van der Waals surface area contributed by atoms with E-state index in [-0.39, 0.29) is 0 Å². The predicted molar refractivity (Wildman–Crippen MR) is 67.9 cm³/mol. The number of benzene rings is 1. The Balaban J connectivity index is 2.09. The van der Waals surface area contributed by atoms with Crippen LogP contribution in [-0.2, 0) is 46.8 Å². The fraction of sp³-hybridized carbons (Fsp3) is 0.625. The first kappa shape index (κ1) is 12.1. The molecule has 0 saturated heterocycles. The molecule has 0 amide bonds. The van der Waals surface area contributed by atoms with Gasteiger partial charge in [0.15, 0.2) is 0 Å². The Morgan fingerprint density at radius 2 is 1.94 bits per heavy atom. The summed E-state index contributed by atoms with van der Waals surface area (Å²) in [4.78, 5) is 0. The Morgan fingerprint density at radius 3 is 2.71 bits per heavy atom. The average molecular weight is 392 g/mol. The van der Waals surface area contributed by atoms with Crippen molar-refractivity contribution in [3.63, 3.8) is 0 Å². The molecule has 1 atom stereocenters. The molecule has 1 aromatic rings. The van der Waals surface area contributed by atoms with E-state index in [1.807, 2.05) is 5.56 Å². The molecule has 0 nitrogen and oxygen atoms in total. The Hall–Kier alpha value is 0.0901. The molecule has 1 heteroatoms. The first-order valence-electron chi connectivity index (χ1n) is 6.99. The second-order valence-electron chi connectivity index (χ2n) is 6.27. The Bertz CT molecular complexity index is 447. The van der Waals surface area contributed by atoms with Crippen LogP contribution in [0.1, 0.15) is 55.4 Å². The molecule has 2 aliphatic rings. The average Bonchev–Trinajstić information content (AvgIpc) is 2.81. The van der Waals surface area contributed by atoms with Crippen LogP contribution in [-0.4, -0.2) is 0 Å². The molecule has 17 heavy (non-hydrogen) atoms. The van der Waals surface area contributed by atoms with Crippen LogP contribution >= 0.6 is 0 Å². The summed E-state index contributed by atoms with van der Waals surface area (Å²) < 4.78 is 0.610. The Morgan fingerprint density at radius 1 is 1.18 bits per heavy atom. The molecule has 0 N–H and O–H groups in total. The second kappa shape index (κ2) is 4.33. The fourth-order valence-electron chi connectivity index (χ4n) is 3.89. The van der Waals surface area contributed by atoms with Crippen molar-refractivity contribution < 1.29 is 24.4 Å². The SMILES string of the molecule is CC(C)C[C]1([Hf])CCc2ccc3c(c21)CCC3. The van der Waals surface area contributed by atoms with Crippen LogP contribution in [0.4, 0.5) is 0 Å². The fourth-order valence-corrected chi connectivity index (χ4v) is 6.93. The van der Waals surface area contributed by atoms with Crippen molar-refractivity contribution in [1.82, 2.24) is 0 Å². The Kier molecular flexibility index (Phi) is 3.09. The first-order chi connectivity index (χ1) is 8.10.